The molecule has 0 unspecified atom stereocenters. The van der Waals surface area contributed by atoms with E-state index in [-0.39, 0.29) is 10.8 Å². The minimum Gasteiger partial charge on any atom is -0.496 e. The summed E-state index contributed by atoms with van der Waals surface area (Å²) in [7, 11) is -1.98. The minimum absolute atomic E-state index is 0.229. The van der Waals surface area contributed by atoms with E-state index in [1.807, 2.05) is 6.92 Å². The Morgan fingerprint density at radius 3 is 2.44 bits per heavy atom. The first-order valence-corrected chi connectivity index (χ1v) is 10.4. The number of nitrogens with one attached hydrogen (secondary N) is 2. The SMILES string of the molecule is CCCNS(=O)(=O)c1ccc(CCNC(=O)c2cc(Cl)ccc2OC)cc1. The molecule has 0 aliphatic heterocycles. The Morgan fingerprint density at radius 1 is 1.11 bits per heavy atom. The highest BCUT2D eigenvalue weighted by molar-refractivity contribution is 7.89. The van der Waals surface area contributed by atoms with Crippen LogP contribution in [0.25, 0.3) is 0 Å². The Morgan fingerprint density at radius 2 is 1.81 bits per heavy atom. The van der Waals surface area contributed by atoms with E-state index in [9.17, 15) is 13.2 Å². The molecular weight excluding hydrogens is 388 g/mol. The number of carbonyl (C=O) groups excluding carboxylic acids is 1. The van der Waals surface area contributed by atoms with Crippen LogP contribution in [0.2, 0.25) is 5.02 Å². The largest absolute Gasteiger partial charge is 0.496 e. The van der Waals surface area contributed by atoms with Crippen LogP contribution in [0.1, 0.15) is 29.3 Å². The summed E-state index contributed by atoms with van der Waals surface area (Å²) >= 11 is 5.94. The van der Waals surface area contributed by atoms with Crippen LogP contribution in [0.3, 0.4) is 0 Å². The maximum atomic E-state index is 12.3. The third kappa shape index (κ3) is 5.95. The number of benzene rings is 2. The Hall–Kier alpha value is -2.09. The van der Waals surface area contributed by atoms with E-state index in [1.54, 1.807) is 42.5 Å². The van der Waals surface area contributed by atoms with Crippen LogP contribution < -0.4 is 14.8 Å². The van der Waals surface area contributed by atoms with Gasteiger partial charge in [-0.25, -0.2) is 13.1 Å². The Balaban J connectivity index is 1.94. The predicted octanol–water partition coefficient (Wildman–Crippen LogP) is 3.01. The molecule has 0 fully saturated rings. The van der Waals surface area contributed by atoms with Crippen molar-refractivity contribution in [3.05, 3.63) is 58.6 Å². The van der Waals surface area contributed by atoms with Crippen LogP contribution in [0.15, 0.2) is 47.4 Å². The van der Waals surface area contributed by atoms with Crippen molar-refractivity contribution >= 4 is 27.5 Å². The topological polar surface area (TPSA) is 84.5 Å². The summed E-state index contributed by atoms with van der Waals surface area (Å²) in [6, 6.07) is 11.5. The van der Waals surface area contributed by atoms with E-state index in [4.69, 9.17) is 16.3 Å². The molecule has 0 spiro atoms. The lowest BCUT2D eigenvalue weighted by Crippen LogP contribution is -2.26. The number of ether oxygens (including phenoxy) is 1. The van der Waals surface area contributed by atoms with Crippen LogP contribution in [0.5, 0.6) is 5.75 Å². The molecule has 0 saturated carbocycles. The Kier molecular flexibility index (Phi) is 7.65. The van der Waals surface area contributed by atoms with Crippen molar-refractivity contribution in [2.45, 2.75) is 24.7 Å². The molecule has 6 nitrogen and oxygen atoms in total. The van der Waals surface area contributed by atoms with Crippen molar-refractivity contribution < 1.29 is 17.9 Å². The molecule has 27 heavy (non-hydrogen) atoms. The molecule has 0 aliphatic rings. The van der Waals surface area contributed by atoms with E-state index < -0.39 is 10.0 Å². The average molecular weight is 411 g/mol. The molecule has 2 aromatic rings. The highest BCUT2D eigenvalue weighted by atomic mass is 35.5. The maximum absolute atomic E-state index is 12.3. The number of halogens is 1. The van der Waals surface area contributed by atoms with E-state index in [0.717, 1.165) is 12.0 Å². The summed E-state index contributed by atoms with van der Waals surface area (Å²) < 4.78 is 31.8. The van der Waals surface area contributed by atoms with E-state index >= 15 is 0 Å². The molecule has 2 rings (SSSR count). The number of hydrogen-bond donors (Lipinski definition) is 2. The smallest absolute Gasteiger partial charge is 0.255 e. The van der Waals surface area contributed by atoms with E-state index in [1.165, 1.54) is 7.11 Å². The number of amides is 1. The molecule has 0 aliphatic carbocycles. The monoisotopic (exact) mass is 410 g/mol. The minimum atomic E-state index is -3.47. The van der Waals surface area contributed by atoms with Gasteiger partial charge in [0.05, 0.1) is 17.6 Å². The quantitative estimate of drug-likeness (QED) is 0.665. The number of carbonyl (C=O) groups is 1. The van der Waals surface area contributed by atoms with Crippen molar-refractivity contribution in [2.24, 2.45) is 0 Å². The average Bonchev–Trinajstić information content (AvgIpc) is 2.66. The summed E-state index contributed by atoms with van der Waals surface area (Å²) in [4.78, 5) is 12.5. The predicted molar refractivity (Wildman–Crippen MR) is 106 cm³/mol. The highest BCUT2D eigenvalue weighted by Gasteiger charge is 2.14. The summed E-state index contributed by atoms with van der Waals surface area (Å²) in [5.41, 5.74) is 1.29. The molecule has 146 valence electrons. The first kappa shape index (κ1) is 21.2. The molecule has 0 aromatic heterocycles. The fourth-order valence-corrected chi connectivity index (χ4v) is 3.73. The van der Waals surface area contributed by atoms with Gasteiger partial charge in [-0.3, -0.25) is 4.79 Å². The maximum Gasteiger partial charge on any atom is 0.255 e. The molecule has 0 radical (unpaired) electrons. The molecule has 8 heteroatoms. The van der Waals surface area contributed by atoms with Crippen molar-refractivity contribution in [1.29, 1.82) is 0 Å². The van der Waals surface area contributed by atoms with Crippen LogP contribution >= 0.6 is 11.6 Å². The van der Waals surface area contributed by atoms with Gasteiger partial charge in [0.15, 0.2) is 0 Å². The van der Waals surface area contributed by atoms with Gasteiger partial charge in [-0.05, 0) is 48.7 Å². The molecule has 0 bridgehead atoms. The normalized spacial score (nSPS) is 11.2. The Labute approximate surface area is 164 Å². The number of methoxy groups -OCH3 is 1. The Bertz CT molecular complexity index is 883. The number of sulfonamides is 1. The van der Waals surface area contributed by atoms with Gasteiger partial charge in [0, 0.05) is 18.1 Å². The van der Waals surface area contributed by atoms with Gasteiger partial charge in [0.1, 0.15) is 5.75 Å². The highest BCUT2D eigenvalue weighted by Crippen LogP contribution is 2.22. The van der Waals surface area contributed by atoms with Crippen molar-refractivity contribution in [3.8, 4) is 5.75 Å². The second kappa shape index (κ2) is 9.73. The van der Waals surface area contributed by atoms with Crippen molar-refractivity contribution in [3.63, 3.8) is 0 Å². The van der Waals surface area contributed by atoms with Gasteiger partial charge in [0.25, 0.3) is 5.91 Å². The van der Waals surface area contributed by atoms with Crippen LogP contribution in [0, 0.1) is 0 Å². The first-order chi connectivity index (χ1) is 12.9. The summed E-state index contributed by atoms with van der Waals surface area (Å²) in [5, 5.41) is 3.27. The van der Waals surface area contributed by atoms with Gasteiger partial charge in [-0.2, -0.15) is 0 Å². The summed E-state index contributed by atoms with van der Waals surface area (Å²) in [6.07, 6.45) is 1.30. The number of hydrogen-bond acceptors (Lipinski definition) is 4. The zero-order valence-electron chi connectivity index (χ0n) is 15.3. The van der Waals surface area contributed by atoms with Crippen LogP contribution in [-0.2, 0) is 16.4 Å². The fraction of sp³-hybridized carbons (Fsp3) is 0.316. The first-order valence-electron chi connectivity index (χ1n) is 8.57. The van der Waals surface area contributed by atoms with E-state index in [2.05, 4.69) is 10.0 Å². The van der Waals surface area contributed by atoms with E-state index in [0.29, 0.717) is 35.8 Å². The fourth-order valence-electron chi connectivity index (χ4n) is 2.43. The molecule has 1 amide bonds. The third-order valence-corrected chi connectivity index (χ3v) is 5.59. The molecule has 0 saturated heterocycles. The van der Waals surface area contributed by atoms with Crippen LogP contribution in [-0.4, -0.2) is 34.5 Å². The van der Waals surface area contributed by atoms with Crippen molar-refractivity contribution in [2.75, 3.05) is 20.2 Å². The van der Waals surface area contributed by atoms with Crippen molar-refractivity contribution in [1.82, 2.24) is 10.0 Å². The van der Waals surface area contributed by atoms with Gasteiger partial charge in [0.2, 0.25) is 10.0 Å². The molecular formula is C19H23ClN2O4S. The van der Waals surface area contributed by atoms with Gasteiger partial charge < -0.3 is 10.1 Å². The molecule has 0 atom stereocenters. The summed E-state index contributed by atoms with van der Waals surface area (Å²) in [6.45, 7) is 2.71. The summed E-state index contributed by atoms with van der Waals surface area (Å²) in [5.74, 6) is 0.170. The van der Waals surface area contributed by atoms with Gasteiger partial charge in [-0.15, -0.1) is 0 Å². The second-order valence-corrected chi connectivity index (χ2v) is 8.10. The molecule has 2 aromatic carbocycles. The molecule has 0 heterocycles. The van der Waals surface area contributed by atoms with Gasteiger partial charge in [-0.1, -0.05) is 30.7 Å². The lowest BCUT2D eigenvalue weighted by Gasteiger charge is -2.10. The van der Waals surface area contributed by atoms with Crippen LogP contribution in [0.4, 0.5) is 0 Å². The lowest BCUT2D eigenvalue weighted by molar-refractivity contribution is 0.0951. The molecule has 2 N–H and O–H groups in total. The second-order valence-electron chi connectivity index (χ2n) is 5.89. The zero-order chi connectivity index (χ0) is 19.9. The van der Waals surface area contributed by atoms with Gasteiger partial charge >= 0.3 is 0 Å². The number of rotatable bonds is 9. The standard InChI is InChI=1S/C19H23ClN2O4S/c1-3-11-22-27(24,25)16-7-4-14(5-8-16)10-12-21-19(23)17-13-15(20)6-9-18(17)26-2/h4-9,13,22H,3,10-12H2,1-2H3,(H,21,23). The third-order valence-electron chi connectivity index (χ3n) is 3.88. The lowest BCUT2D eigenvalue weighted by atomic mass is 10.1. The zero-order valence-corrected chi connectivity index (χ0v) is 16.9.